The Kier molecular flexibility index (Phi) is 4.45. The number of fused-ring (bicyclic) bond motifs is 5. The van der Waals surface area contributed by atoms with Crippen LogP contribution in [0.5, 0.6) is 0 Å². The van der Waals surface area contributed by atoms with E-state index >= 15 is 0 Å². The Morgan fingerprint density at radius 2 is 1.75 bits per heavy atom. The molecule has 5 nitrogen and oxygen atoms in total. The van der Waals surface area contributed by atoms with Crippen LogP contribution in [0, 0.1) is 12.7 Å². The summed E-state index contributed by atoms with van der Waals surface area (Å²) < 4.78 is 24.7. The average Bonchev–Trinajstić information content (AvgIpc) is 3.15. The largest absolute Gasteiger partial charge is 0.463 e. The Balaban J connectivity index is 1.66. The lowest BCUT2D eigenvalue weighted by Crippen LogP contribution is -2.33. The van der Waals surface area contributed by atoms with Crippen molar-refractivity contribution in [3.63, 3.8) is 0 Å². The fourth-order valence-corrected chi connectivity index (χ4v) is 4.80. The number of ether oxygens (including phenoxy) is 1. The molecule has 1 heterocycles. The van der Waals surface area contributed by atoms with Gasteiger partial charge >= 0.3 is 5.97 Å². The lowest BCUT2D eigenvalue weighted by atomic mass is 9.68. The number of carbonyl (C=O) groups excluding carboxylic acids is 3. The van der Waals surface area contributed by atoms with Crippen LogP contribution in [0.3, 0.4) is 0 Å². The number of aryl methyl sites for hydroxylation is 1. The molecule has 2 aromatic carbocycles. The molecule has 0 saturated heterocycles. The number of carbonyl (C=O) groups is 3. The second-order valence-corrected chi connectivity index (χ2v) is 9.05. The molecule has 6 heteroatoms. The first-order valence-corrected chi connectivity index (χ1v) is 10.5. The van der Waals surface area contributed by atoms with Gasteiger partial charge in [-0.3, -0.25) is 9.59 Å². The van der Waals surface area contributed by atoms with Gasteiger partial charge in [0.05, 0.1) is 17.4 Å². The first kappa shape index (κ1) is 20.4. The minimum Gasteiger partial charge on any atom is -0.463 e. The van der Waals surface area contributed by atoms with Gasteiger partial charge in [0.15, 0.2) is 0 Å². The van der Waals surface area contributed by atoms with E-state index in [9.17, 15) is 18.8 Å². The van der Waals surface area contributed by atoms with Crippen LogP contribution in [0.1, 0.15) is 80.6 Å². The van der Waals surface area contributed by atoms with Crippen LogP contribution in [0.25, 0.3) is 11.3 Å². The molecule has 0 spiro atoms. The molecule has 1 unspecified atom stereocenters. The third kappa shape index (κ3) is 2.93. The fraction of sp³-hybridized carbons (Fsp3) is 0.269. The summed E-state index contributed by atoms with van der Waals surface area (Å²) in [4.78, 5) is 39.0. The van der Waals surface area contributed by atoms with E-state index in [-0.39, 0.29) is 22.1 Å². The topological polar surface area (TPSA) is 73.6 Å². The highest BCUT2D eigenvalue weighted by molar-refractivity contribution is 6.53. The lowest BCUT2D eigenvalue weighted by Gasteiger charge is -2.38. The molecule has 1 atom stereocenters. The summed E-state index contributed by atoms with van der Waals surface area (Å²) >= 11 is 0. The van der Waals surface area contributed by atoms with E-state index in [1.54, 1.807) is 6.92 Å². The minimum atomic E-state index is -0.708. The molecule has 0 N–H and O–H groups in total. The third-order valence-electron chi connectivity index (χ3n) is 6.54. The predicted octanol–water partition coefficient (Wildman–Crippen LogP) is 5.74. The van der Waals surface area contributed by atoms with Gasteiger partial charge in [-0.15, -0.1) is 0 Å². The second kappa shape index (κ2) is 6.99. The molecule has 0 bridgehead atoms. The van der Waals surface area contributed by atoms with Gasteiger partial charge in [0.25, 0.3) is 0 Å². The number of rotatable bonds is 2. The van der Waals surface area contributed by atoms with Crippen molar-refractivity contribution in [2.75, 3.05) is 0 Å². The standard InChI is InChI=1S/C26H21FO5/c1-13-12-31-24-16-8-9-17-21(20(16)23(29)22(28)19(13)24)18(10-11-26(17,2)3)32-25(30)14-4-6-15(27)7-5-14/h4-9,12,18H,10-11H2,1-3H3. The summed E-state index contributed by atoms with van der Waals surface area (Å²) in [6, 6.07) is 8.85. The van der Waals surface area contributed by atoms with Gasteiger partial charge in [-0.25, -0.2) is 9.18 Å². The normalized spacial score (nSPS) is 18.6. The molecule has 1 aromatic heterocycles. The lowest BCUT2D eigenvalue weighted by molar-refractivity contribution is 0.0226. The average molecular weight is 432 g/mol. The van der Waals surface area contributed by atoms with Crippen molar-refractivity contribution < 1.29 is 27.9 Å². The third-order valence-corrected chi connectivity index (χ3v) is 6.54. The second-order valence-electron chi connectivity index (χ2n) is 9.05. The van der Waals surface area contributed by atoms with Crippen molar-refractivity contribution in [1.82, 2.24) is 0 Å². The van der Waals surface area contributed by atoms with Crippen LogP contribution in [-0.2, 0) is 10.2 Å². The molecule has 0 radical (unpaired) electrons. The molecule has 0 aliphatic heterocycles. The van der Waals surface area contributed by atoms with Crippen LogP contribution in [0.4, 0.5) is 4.39 Å². The quantitative estimate of drug-likeness (QED) is 0.381. The SMILES string of the molecule is Cc1coc2c1C(=O)C(=O)c1c-2ccc2c1C(OC(=O)c1ccc(F)cc1)CCC2(C)C. The predicted molar refractivity (Wildman–Crippen MR) is 114 cm³/mol. The zero-order valence-corrected chi connectivity index (χ0v) is 18.0. The van der Waals surface area contributed by atoms with E-state index in [4.69, 9.17) is 9.15 Å². The van der Waals surface area contributed by atoms with E-state index in [2.05, 4.69) is 13.8 Å². The molecular formula is C26H21FO5. The Labute approximate surface area is 184 Å². The highest BCUT2D eigenvalue weighted by atomic mass is 19.1. The Bertz CT molecular complexity index is 1300. The van der Waals surface area contributed by atoms with Crippen LogP contribution in [-0.4, -0.2) is 17.5 Å². The smallest absolute Gasteiger partial charge is 0.338 e. The van der Waals surface area contributed by atoms with Crippen LogP contribution in [0.15, 0.2) is 47.1 Å². The molecule has 2 aliphatic carbocycles. The summed E-state index contributed by atoms with van der Waals surface area (Å²) in [5, 5.41) is 0. The van der Waals surface area contributed by atoms with Gasteiger partial charge in [-0.05, 0) is 60.6 Å². The number of hydrogen-bond donors (Lipinski definition) is 0. The Morgan fingerprint density at radius 1 is 1.06 bits per heavy atom. The van der Waals surface area contributed by atoms with Crippen molar-refractivity contribution in [1.29, 1.82) is 0 Å². The summed E-state index contributed by atoms with van der Waals surface area (Å²) in [7, 11) is 0. The highest BCUT2D eigenvalue weighted by Crippen LogP contribution is 2.49. The maximum atomic E-state index is 13.3. The van der Waals surface area contributed by atoms with Gasteiger partial charge in [0.2, 0.25) is 11.6 Å². The van der Waals surface area contributed by atoms with Crippen molar-refractivity contribution in [2.24, 2.45) is 0 Å². The zero-order valence-electron chi connectivity index (χ0n) is 18.0. The Hall–Kier alpha value is -3.54. The van der Waals surface area contributed by atoms with Gasteiger partial charge in [0, 0.05) is 16.7 Å². The Morgan fingerprint density at radius 3 is 2.47 bits per heavy atom. The summed E-state index contributed by atoms with van der Waals surface area (Å²) in [6.07, 6.45) is 1.99. The number of halogens is 1. The van der Waals surface area contributed by atoms with E-state index in [1.165, 1.54) is 30.5 Å². The van der Waals surface area contributed by atoms with Crippen molar-refractivity contribution in [2.45, 2.75) is 45.1 Å². The number of benzene rings is 2. The van der Waals surface area contributed by atoms with E-state index in [0.717, 1.165) is 12.0 Å². The molecule has 162 valence electrons. The molecule has 32 heavy (non-hydrogen) atoms. The van der Waals surface area contributed by atoms with E-state index in [1.807, 2.05) is 12.1 Å². The minimum absolute atomic E-state index is 0.217. The summed E-state index contributed by atoms with van der Waals surface area (Å²) in [5.74, 6) is -1.91. The fourth-order valence-electron chi connectivity index (χ4n) is 4.80. The molecule has 0 amide bonds. The monoisotopic (exact) mass is 432 g/mol. The van der Waals surface area contributed by atoms with E-state index < -0.39 is 29.5 Å². The van der Waals surface area contributed by atoms with Crippen LogP contribution >= 0.6 is 0 Å². The number of esters is 1. The molecular weight excluding hydrogens is 411 g/mol. The number of Topliss-reactive ketones (excluding diaryl/α,β-unsaturated/α-hetero) is 2. The number of ketones is 2. The first-order valence-electron chi connectivity index (χ1n) is 10.5. The molecule has 3 aromatic rings. The molecule has 0 fully saturated rings. The zero-order chi connectivity index (χ0) is 22.8. The molecule has 5 rings (SSSR count). The molecule has 0 saturated carbocycles. The molecule has 2 aliphatic rings. The van der Waals surface area contributed by atoms with Crippen molar-refractivity contribution in [3.8, 4) is 11.3 Å². The van der Waals surface area contributed by atoms with Gasteiger partial charge in [-0.1, -0.05) is 26.0 Å². The van der Waals surface area contributed by atoms with Gasteiger partial charge in [-0.2, -0.15) is 0 Å². The van der Waals surface area contributed by atoms with Gasteiger partial charge in [0.1, 0.15) is 17.7 Å². The maximum Gasteiger partial charge on any atom is 0.338 e. The number of hydrogen-bond acceptors (Lipinski definition) is 5. The van der Waals surface area contributed by atoms with Gasteiger partial charge < -0.3 is 9.15 Å². The summed E-state index contributed by atoms with van der Waals surface area (Å²) in [6.45, 7) is 5.86. The van der Waals surface area contributed by atoms with E-state index in [0.29, 0.717) is 28.9 Å². The number of furan rings is 1. The van der Waals surface area contributed by atoms with Crippen LogP contribution in [0.2, 0.25) is 0 Å². The van der Waals surface area contributed by atoms with Crippen molar-refractivity contribution >= 4 is 17.5 Å². The first-order chi connectivity index (χ1) is 15.2. The van der Waals surface area contributed by atoms with Crippen LogP contribution < -0.4 is 0 Å². The van der Waals surface area contributed by atoms with Crippen molar-refractivity contribution in [3.05, 3.63) is 81.9 Å². The summed E-state index contributed by atoms with van der Waals surface area (Å²) in [5.41, 5.74) is 3.06. The highest BCUT2D eigenvalue weighted by Gasteiger charge is 2.43. The maximum absolute atomic E-state index is 13.3.